The van der Waals surface area contributed by atoms with E-state index < -0.39 is 5.91 Å². The molecular weight excluding hydrogens is 196 g/mol. The van der Waals surface area contributed by atoms with Gasteiger partial charge in [0.1, 0.15) is 6.26 Å². The van der Waals surface area contributed by atoms with Crippen molar-refractivity contribution in [3.05, 3.63) is 17.5 Å². The molecule has 0 aromatic carbocycles. The largest absolute Gasteiger partial charge is 0.373 e. The molecule has 2 rings (SSSR count). The zero-order valence-electron chi connectivity index (χ0n) is 8.60. The van der Waals surface area contributed by atoms with E-state index in [1.807, 2.05) is 0 Å². The van der Waals surface area contributed by atoms with Gasteiger partial charge in [-0.3, -0.25) is 4.79 Å². The van der Waals surface area contributed by atoms with Crippen LogP contribution in [0.2, 0.25) is 0 Å². The van der Waals surface area contributed by atoms with Gasteiger partial charge in [-0.25, -0.2) is 0 Å². The zero-order chi connectivity index (χ0) is 10.8. The predicted octanol–water partition coefficient (Wildman–Crippen LogP) is 1.26. The molecule has 1 saturated heterocycles. The van der Waals surface area contributed by atoms with Crippen LogP contribution in [0.25, 0.3) is 0 Å². The van der Waals surface area contributed by atoms with Crippen LogP contribution in [0, 0.1) is 5.92 Å². The Morgan fingerprint density at radius 1 is 1.60 bits per heavy atom. The van der Waals surface area contributed by atoms with Gasteiger partial charge >= 0.3 is 0 Å². The van der Waals surface area contributed by atoms with Crippen LogP contribution >= 0.6 is 0 Å². The van der Waals surface area contributed by atoms with Crippen LogP contribution in [-0.2, 0) is 4.74 Å². The topological polar surface area (TPSA) is 78.4 Å². The number of hydrogen-bond donors (Lipinski definition) is 1. The maximum Gasteiger partial charge on any atom is 0.271 e. The summed E-state index contributed by atoms with van der Waals surface area (Å²) in [7, 11) is 0. The van der Waals surface area contributed by atoms with Crippen molar-refractivity contribution >= 4 is 5.91 Å². The van der Waals surface area contributed by atoms with Crippen LogP contribution in [0.4, 0.5) is 0 Å². The fraction of sp³-hybridized carbons (Fsp3) is 0.600. The van der Waals surface area contributed by atoms with Crippen LogP contribution < -0.4 is 5.73 Å². The number of carbonyl (C=O) groups is 1. The van der Waals surface area contributed by atoms with E-state index in [1.165, 1.54) is 6.26 Å². The Bertz CT molecular complexity index is 353. The third-order valence-corrected chi connectivity index (χ3v) is 2.68. The number of nitrogens with two attached hydrogens (primary N) is 1. The first-order chi connectivity index (χ1) is 7.18. The van der Waals surface area contributed by atoms with E-state index in [-0.39, 0.29) is 11.8 Å². The van der Waals surface area contributed by atoms with Crippen LogP contribution in [0.3, 0.4) is 0 Å². The Balaban J connectivity index is 2.15. The van der Waals surface area contributed by atoms with Gasteiger partial charge in [-0.2, -0.15) is 0 Å². The highest BCUT2D eigenvalue weighted by molar-refractivity contribution is 5.92. The van der Waals surface area contributed by atoms with Gasteiger partial charge in [0.25, 0.3) is 5.91 Å². The zero-order valence-corrected chi connectivity index (χ0v) is 8.60. The summed E-state index contributed by atoms with van der Waals surface area (Å²) in [6, 6.07) is 0. The van der Waals surface area contributed by atoms with Gasteiger partial charge in [0.2, 0.25) is 0 Å². The maximum absolute atomic E-state index is 11.0. The lowest BCUT2D eigenvalue weighted by molar-refractivity contribution is -0.0129. The summed E-state index contributed by atoms with van der Waals surface area (Å²) in [6.45, 7) is 2.84. The summed E-state index contributed by atoms with van der Waals surface area (Å²) < 4.78 is 10.4. The second kappa shape index (κ2) is 4.02. The normalized spacial score (nSPS) is 26.5. The summed E-state index contributed by atoms with van der Waals surface area (Å²) in [5.41, 5.74) is 6.04. The molecule has 1 aromatic heterocycles. The molecular formula is C10H14N2O3. The average molecular weight is 210 g/mol. The molecule has 0 aliphatic carbocycles. The summed E-state index contributed by atoms with van der Waals surface area (Å²) in [5.74, 6) is -0.000824. The Labute approximate surface area is 87.6 Å². The van der Waals surface area contributed by atoms with Crippen molar-refractivity contribution in [3.8, 4) is 0 Å². The lowest BCUT2D eigenvalue weighted by Crippen LogP contribution is -2.21. The highest BCUT2D eigenvalue weighted by Gasteiger charge is 2.26. The molecule has 1 aliphatic rings. The van der Waals surface area contributed by atoms with Crippen LogP contribution in [0.5, 0.6) is 0 Å². The maximum atomic E-state index is 11.0. The number of ether oxygens (including phenoxy) is 1. The predicted molar refractivity (Wildman–Crippen MR) is 52.1 cm³/mol. The second-order valence-corrected chi connectivity index (χ2v) is 3.99. The lowest BCUT2D eigenvalue weighted by Gasteiger charge is -2.26. The van der Waals surface area contributed by atoms with Crippen molar-refractivity contribution in [3.63, 3.8) is 0 Å². The van der Waals surface area contributed by atoms with Gasteiger partial charge in [-0.15, -0.1) is 0 Å². The van der Waals surface area contributed by atoms with E-state index in [4.69, 9.17) is 15.0 Å². The summed E-state index contributed by atoms with van der Waals surface area (Å²) in [5, 5.41) is 3.58. The van der Waals surface area contributed by atoms with Crippen molar-refractivity contribution < 1.29 is 14.1 Å². The van der Waals surface area contributed by atoms with Crippen LogP contribution in [0.1, 0.15) is 41.9 Å². The van der Waals surface area contributed by atoms with Crippen molar-refractivity contribution in [1.29, 1.82) is 0 Å². The summed E-state index contributed by atoms with van der Waals surface area (Å²) >= 11 is 0. The molecule has 1 fully saturated rings. The van der Waals surface area contributed by atoms with Crippen molar-refractivity contribution in [2.75, 3.05) is 6.61 Å². The fourth-order valence-corrected chi connectivity index (χ4v) is 1.79. The molecule has 1 aromatic rings. The van der Waals surface area contributed by atoms with Crippen molar-refractivity contribution in [2.24, 2.45) is 11.7 Å². The third-order valence-electron chi connectivity index (χ3n) is 2.68. The van der Waals surface area contributed by atoms with E-state index in [0.717, 1.165) is 12.8 Å². The van der Waals surface area contributed by atoms with E-state index >= 15 is 0 Å². The van der Waals surface area contributed by atoms with Gasteiger partial charge < -0.3 is 15.0 Å². The number of hydrogen-bond acceptors (Lipinski definition) is 4. The molecule has 0 bridgehead atoms. The number of amides is 1. The highest BCUT2D eigenvalue weighted by atomic mass is 16.5. The molecule has 1 amide bonds. The first-order valence-electron chi connectivity index (χ1n) is 5.04. The standard InChI is InChI=1S/C10H14N2O3/c1-6-2-3-8(14-4-6)7-5-15-12-9(7)10(11)13/h5-6,8H,2-4H2,1H3,(H2,11,13)/t6-,8+/m0/s1. The van der Waals surface area contributed by atoms with Crippen molar-refractivity contribution in [1.82, 2.24) is 5.16 Å². The molecule has 0 saturated carbocycles. The number of carbonyl (C=O) groups excluding carboxylic acids is 1. The average Bonchev–Trinajstić information content (AvgIpc) is 2.67. The molecule has 0 radical (unpaired) electrons. The van der Waals surface area contributed by atoms with Crippen LogP contribution in [-0.4, -0.2) is 17.7 Å². The minimum atomic E-state index is -0.569. The monoisotopic (exact) mass is 210 g/mol. The van der Waals surface area contributed by atoms with E-state index in [1.54, 1.807) is 0 Å². The minimum Gasteiger partial charge on any atom is -0.373 e. The lowest BCUT2D eigenvalue weighted by atomic mass is 9.96. The third kappa shape index (κ3) is 2.02. The quantitative estimate of drug-likeness (QED) is 0.797. The Kier molecular flexibility index (Phi) is 2.73. The smallest absolute Gasteiger partial charge is 0.271 e. The van der Waals surface area contributed by atoms with Crippen molar-refractivity contribution in [2.45, 2.75) is 25.9 Å². The van der Waals surface area contributed by atoms with Gasteiger partial charge in [-0.1, -0.05) is 12.1 Å². The Hall–Kier alpha value is -1.36. The Morgan fingerprint density at radius 3 is 3.00 bits per heavy atom. The van der Waals surface area contributed by atoms with Gasteiger partial charge in [0, 0.05) is 6.61 Å². The minimum absolute atomic E-state index is 0.102. The molecule has 0 spiro atoms. The number of nitrogens with zero attached hydrogens (tertiary/aromatic N) is 1. The first-order valence-corrected chi connectivity index (χ1v) is 5.04. The first kappa shape index (κ1) is 10.2. The molecule has 15 heavy (non-hydrogen) atoms. The molecule has 82 valence electrons. The Morgan fingerprint density at radius 2 is 2.40 bits per heavy atom. The molecule has 5 heteroatoms. The van der Waals surface area contributed by atoms with Crippen LogP contribution in [0.15, 0.2) is 10.8 Å². The summed E-state index contributed by atoms with van der Waals surface area (Å²) in [6.07, 6.45) is 3.30. The summed E-state index contributed by atoms with van der Waals surface area (Å²) in [4.78, 5) is 11.0. The van der Waals surface area contributed by atoms with Gasteiger partial charge in [0.15, 0.2) is 5.69 Å². The van der Waals surface area contributed by atoms with E-state index in [2.05, 4.69) is 12.1 Å². The van der Waals surface area contributed by atoms with E-state index in [9.17, 15) is 4.79 Å². The van der Waals surface area contributed by atoms with Gasteiger partial charge in [-0.05, 0) is 18.8 Å². The molecule has 1 aliphatic heterocycles. The van der Waals surface area contributed by atoms with E-state index in [0.29, 0.717) is 18.1 Å². The molecule has 2 heterocycles. The molecule has 2 N–H and O–H groups in total. The number of primary amides is 1. The molecule has 5 nitrogen and oxygen atoms in total. The number of aromatic nitrogens is 1. The molecule has 2 atom stereocenters. The number of rotatable bonds is 2. The molecule has 0 unspecified atom stereocenters. The fourth-order valence-electron chi connectivity index (χ4n) is 1.79. The second-order valence-electron chi connectivity index (χ2n) is 3.99. The highest BCUT2D eigenvalue weighted by Crippen LogP contribution is 2.31. The SMILES string of the molecule is C[C@H]1CC[C@H](c2conc2C(N)=O)OC1. The van der Waals surface area contributed by atoms with Gasteiger partial charge in [0.05, 0.1) is 11.7 Å².